The van der Waals surface area contributed by atoms with E-state index in [0.29, 0.717) is 10.6 Å². The Balaban J connectivity index is 2.52. The van der Waals surface area contributed by atoms with Crippen molar-refractivity contribution >= 4 is 27.5 Å². The SMILES string of the molecule is Cc1ccc(F)c(C(NN)c2cc(Cl)cc(Br)c2)c1. The standard InChI is InChI=1S/C14H13BrClFN2/c1-8-2-3-13(17)12(4-8)14(19-18)9-5-10(15)7-11(16)6-9/h2-7,14,19H,18H2,1H3. The van der Waals surface area contributed by atoms with Crippen molar-refractivity contribution < 1.29 is 4.39 Å². The molecule has 0 bridgehead atoms. The van der Waals surface area contributed by atoms with Crippen LogP contribution in [0.3, 0.4) is 0 Å². The summed E-state index contributed by atoms with van der Waals surface area (Å²) in [6.07, 6.45) is 0. The highest BCUT2D eigenvalue weighted by Crippen LogP contribution is 2.29. The van der Waals surface area contributed by atoms with Gasteiger partial charge in [0, 0.05) is 15.1 Å². The highest BCUT2D eigenvalue weighted by atomic mass is 79.9. The van der Waals surface area contributed by atoms with Gasteiger partial charge in [-0.1, -0.05) is 45.2 Å². The Morgan fingerprint density at radius 2 is 2.00 bits per heavy atom. The van der Waals surface area contributed by atoms with E-state index in [0.717, 1.165) is 15.6 Å². The average Bonchev–Trinajstić information content (AvgIpc) is 2.33. The van der Waals surface area contributed by atoms with Gasteiger partial charge in [0.15, 0.2) is 0 Å². The number of benzene rings is 2. The lowest BCUT2D eigenvalue weighted by molar-refractivity contribution is 0.559. The van der Waals surface area contributed by atoms with E-state index >= 15 is 0 Å². The lowest BCUT2D eigenvalue weighted by Crippen LogP contribution is -2.29. The number of hydrazine groups is 1. The van der Waals surface area contributed by atoms with Crippen molar-refractivity contribution in [3.05, 3.63) is 68.4 Å². The van der Waals surface area contributed by atoms with Crippen LogP contribution in [0.15, 0.2) is 40.9 Å². The van der Waals surface area contributed by atoms with Gasteiger partial charge in [0.2, 0.25) is 0 Å². The summed E-state index contributed by atoms with van der Waals surface area (Å²) in [4.78, 5) is 0. The summed E-state index contributed by atoms with van der Waals surface area (Å²) in [6, 6.07) is 9.88. The lowest BCUT2D eigenvalue weighted by atomic mass is 9.97. The monoisotopic (exact) mass is 342 g/mol. The van der Waals surface area contributed by atoms with Crippen LogP contribution in [-0.2, 0) is 0 Å². The van der Waals surface area contributed by atoms with Crippen LogP contribution < -0.4 is 11.3 Å². The third-order valence-electron chi connectivity index (χ3n) is 2.85. The van der Waals surface area contributed by atoms with Crippen LogP contribution in [0, 0.1) is 12.7 Å². The quantitative estimate of drug-likeness (QED) is 0.650. The molecule has 19 heavy (non-hydrogen) atoms. The Kier molecular flexibility index (Phi) is 4.58. The van der Waals surface area contributed by atoms with Gasteiger partial charge in [-0.05, 0) is 36.8 Å². The number of nitrogens with one attached hydrogen (secondary N) is 1. The molecule has 2 aromatic rings. The summed E-state index contributed by atoms with van der Waals surface area (Å²) in [6.45, 7) is 1.91. The average molecular weight is 344 g/mol. The zero-order valence-corrected chi connectivity index (χ0v) is 12.6. The summed E-state index contributed by atoms with van der Waals surface area (Å²) in [5.41, 5.74) is 4.90. The third kappa shape index (κ3) is 3.34. The number of hydrogen-bond acceptors (Lipinski definition) is 2. The molecule has 5 heteroatoms. The fourth-order valence-electron chi connectivity index (χ4n) is 1.99. The molecular weight excluding hydrogens is 331 g/mol. The molecule has 0 aliphatic rings. The molecule has 3 N–H and O–H groups in total. The third-order valence-corrected chi connectivity index (χ3v) is 3.52. The summed E-state index contributed by atoms with van der Waals surface area (Å²) in [5, 5.41) is 0.567. The number of hydrogen-bond donors (Lipinski definition) is 2. The van der Waals surface area contributed by atoms with Crippen LogP contribution in [0.5, 0.6) is 0 Å². The van der Waals surface area contributed by atoms with Crippen molar-refractivity contribution in [3.63, 3.8) is 0 Å². The molecule has 0 spiro atoms. The second-order valence-electron chi connectivity index (χ2n) is 4.33. The van der Waals surface area contributed by atoms with Gasteiger partial charge in [-0.25, -0.2) is 9.82 Å². The van der Waals surface area contributed by atoms with E-state index in [1.165, 1.54) is 6.07 Å². The maximum atomic E-state index is 14.0. The molecule has 0 aliphatic heterocycles. The molecule has 0 fully saturated rings. The van der Waals surface area contributed by atoms with E-state index in [-0.39, 0.29) is 5.82 Å². The minimum absolute atomic E-state index is 0.301. The molecule has 0 aliphatic carbocycles. The van der Waals surface area contributed by atoms with E-state index in [1.807, 2.05) is 13.0 Å². The normalized spacial score (nSPS) is 12.5. The smallest absolute Gasteiger partial charge is 0.128 e. The second kappa shape index (κ2) is 6.01. The van der Waals surface area contributed by atoms with Crippen LogP contribution in [0.4, 0.5) is 4.39 Å². The minimum Gasteiger partial charge on any atom is -0.271 e. The number of halogens is 3. The first-order valence-electron chi connectivity index (χ1n) is 5.69. The molecule has 0 radical (unpaired) electrons. The number of rotatable bonds is 3. The lowest BCUT2D eigenvalue weighted by Gasteiger charge is -2.18. The van der Waals surface area contributed by atoms with Crippen molar-refractivity contribution in [1.82, 2.24) is 5.43 Å². The summed E-state index contributed by atoms with van der Waals surface area (Å²) in [7, 11) is 0. The Bertz CT molecular complexity index is 584. The van der Waals surface area contributed by atoms with Gasteiger partial charge in [-0.15, -0.1) is 0 Å². The first kappa shape index (κ1) is 14.5. The second-order valence-corrected chi connectivity index (χ2v) is 5.68. The molecule has 0 saturated carbocycles. The maximum Gasteiger partial charge on any atom is 0.128 e. The van der Waals surface area contributed by atoms with Gasteiger partial charge >= 0.3 is 0 Å². The molecular formula is C14H13BrClFN2. The van der Waals surface area contributed by atoms with Crippen LogP contribution in [-0.4, -0.2) is 0 Å². The van der Waals surface area contributed by atoms with E-state index in [1.54, 1.807) is 24.3 Å². The molecule has 1 atom stereocenters. The van der Waals surface area contributed by atoms with E-state index < -0.39 is 6.04 Å². The van der Waals surface area contributed by atoms with Crippen molar-refractivity contribution in [2.24, 2.45) is 5.84 Å². The zero-order valence-electron chi connectivity index (χ0n) is 10.3. The molecule has 0 aromatic heterocycles. The Labute approximate surface area is 124 Å². The Morgan fingerprint density at radius 3 is 2.63 bits per heavy atom. The zero-order chi connectivity index (χ0) is 14.0. The number of nitrogens with two attached hydrogens (primary N) is 1. The van der Waals surface area contributed by atoms with Gasteiger partial charge in [0.1, 0.15) is 5.82 Å². The van der Waals surface area contributed by atoms with Gasteiger partial charge < -0.3 is 0 Å². The van der Waals surface area contributed by atoms with Crippen molar-refractivity contribution in [2.45, 2.75) is 13.0 Å². The van der Waals surface area contributed by atoms with Crippen LogP contribution in [0.25, 0.3) is 0 Å². The van der Waals surface area contributed by atoms with E-state index in [4.69, 9.17) is 17.4 Å². The molecule has 0 saturated heterocycles. The largest absolute Gasteiger partial charge is 0.271 e. The Hall–Kier alpha value is -0.940. The van der Waals surface area contributed by atoms with Crippen LogP contribution in [0.1, 0.15) is 22.7 Å². The topological polar surface area (TPSA) is 38.0 Å². The van der Waals surface area contributed by atoms with Crippen LogP contribution in [0.2, 0.25) is 5.02 Å². The Morgan fingerprint density at radius 1 is 1.26 bits per heavy atom. The van der Waals surface area contributed by atoms with Crippen molar-refractivity contribution in [2.75, 3.05) is 0 Å². The van der Waals surface area contributed by atoms with E-state index in [2.05, 4.69) is 21.4 Å². The fourth-order valence-corrected chi connectivity index (χ4v) is 2.88. The first-order valence-corrected chi connectivity index (χ1v) is 6.86. The van der Waals surface area contributed by atoms with Crippen molar-refractivity contribution in [3.8, 4) is 0 Å². The predicted molar refractivity (Wildman–Crippen MR) is 79.5 cm³/mol. The van der Waals surface area contributed by atoms with Crippen molar-refractivity contribution in [1.29, 1.82) is 0 Å². The molecule has 0 amide bonds. The van der Waals surface area contributed by atoms with Gasteiger partial charge in [-0.2, -0.15) is 0 Å². The fraction of sp³-hybridized carbons (Fsp3) is 0.143. The van der Waals surface area contributed by atoms with Gasteiger partial charge in [0.25, 0.3) is 0 Å². The minimum atomic E-state index is -0.449. The van der Waals surface area contributed by atoms with Gasteiger partial charge in [0.05, 0.1) is 6.04 Å². The highest BCUT2D eigenvalue weighted by molar-refractivity contribution is 9.10. The predicted octanol–water partition coefficient (Wildman–Crippen LogP) is 4.10. The van der Waals surface area contributed by atoms with Crippen LogP contribution >= 0.6 is 27.5 Å². The molecule has 1 unspecified atom stereocenters. The van der Waals surface area contributed by atoms with Gasteiger partial charge in [-0.3, -0.25) is 5.84 Å². The highest BCUT2D eigenvalue weighted by Gasteiger charge is 2.17. The first-order chi connectivity index (χ1) is 9.01. The summed E-state index contributed by atoms with van der Waals surface area (Å²) >= 11 is 9.39. The molecule has 2 nitrogen and oxygen atoms in total. The maximum absolute atomic E-state index is 14.0. The molecule has 100 valence electrons. The van der Waals surface area contributed by atoms with E-state index in [9.17, 15) is 4.39 Å². The summed E-state index contributed by atoms with van der Waals surface area (Å²) < 4.78 is 14.8. The summed E-state index contributed by atoms with van der Waals surface area (Å²) in [5.74, 6) is 5.28. The molecule has 2 rings (SSSR count). The molecule has 2 aromatic carbocycles. The molecule has 0 heterocycles. The number of aryl methyl sites for hydroxylation is 1.